The smallest absolute Gasteiger partial charge is 0.260 e. The molecule has 0 saturated carbocycles. The summed E-state index contributed by atoms with van der Waals surface area (Å²) < 4.78 is 1.73. The second kappa shape index (κ2) is 7.58. The van der Waals surface area contributed by atoms with Crippen LogP contribution in [0.5, 0.6) is 0 Å². The predicted molar refractivity (Wildman–Crippen MR) is 119 cm³/mol. The number of thiophene rings is 2. The molecule has 0 unspecified atom stereocenters. The largest absolute Gasteiger partial charge is 0.309 e. The van der Waals surface area contributed by atoms with Gasteiger partial charge in [-0.15, -0.1) is 27.8 Å². The van der Waals surface area contributed by atoms with Crippen molar-refractivity contribution < 1.29 is 0 Å². The maximum Gasteiger partial charge on any atom is 0.260 e. The third-order valence-electron chi connectivity index (χ3n) is 4.33. The van der Waals surface area contributed by atoms with Crippen LogP contribution >= 0.6 is 34.4 Å². The van der Waals surface area contributed by atoms with E-state index in [2.05, 4.69) is 39.1 Å². The second-order valence-corrected chi connectivity index (χ2v) is 9.44. The van der Waals surface area contributed by atoms with Gasteiger partial charge in [0.05, 0.1) is 16.8 Å². The van der Waals surface area contributed by atoms with Crippen molar-refractivity contribution in [2.45, 2.75) is 17.8 Å². The predicted octanol–water partition coefficient (Wildman–Crippen LogP) is 4.89. The first-order valence-electron chi connectivity index (χ1n) is 8.84. The molecule has 1 aromatic carbocycles. The van der Waals surface area contributed by atoms with E-state index < -0.39 is 0 Å². The number of aromatic nitrogens is 5. The molecular formula is C20H15N5OS3. The normalized spacial score (nSPS) is 11.3. The average molecular weight is 438 g/mol. The summed E-state index contributed by atoms with van der Waals surface area (Å²) in [6.45, 7) is 2.06. The molecule has 0 spiro atoms. The van der Waals surface area contributed by atoms with Gasteiger partial charge in [-0.3, -0.25) is 4.79 Å². The molecule has 6 nitrogen and oxygen atoms in total. The zero-order valence-electron chi connectivity index (χ0n) is 15.3. The Labute approximate surface area is 178 Å². The van der Waals surface area contributed by atoms with Gasteiger partial charge in [-0.25, -0.2) is 14.6 Å². The van der Waals surface area contributed by atoms with E-state index in [0.717, 1.165) is 21.0 Å². The summed E-state index contributed by atoms with van der Waals surface area (Å²) in [6, 6.07) is 13.9. The van der Waals surface area contributed by atoms with Crippen molar-refractivity contribution in [3.8, 4) is 16.1 Å². The number of nitrogens with zero attached hydrogens (tertiary/aromatic N) is 4. The Morgan fingerprint density at radius 3 is 2.83 bits per heavy atom. The Bertz CT molecular complexity index is 1350. The van der Waals surface area contributed by atoms with Crippen LogP contribution in [0, 0.1) is 6.92 Å². The number of nitrogens with one attached hydrogen (secondary N) is 1. The van der Waals surface area contributed by atoms with Crippen LogP contribution < -0.4 is 5.56 Å². The highest BCUT2D eigenvalue weighted by Crippen LogP contribution is 2.35. The fourth-order valence-electron chi connectivity index (χ4n) is 2.97. The molecule has 0 bridgehead atoms. The van der Waals surface area contributed by atoms with Crippen LogP contribution in [0.4, 0.5) is 0 Å². The molecular weight excluding hydrogens is 422 g/mol. The molecule has 0 atom stereocenters. The van der Waals surface area contributed by atoms with E-state index in [-0.39, 0.29) is 5.56 Å². The molecule has 0 fully saturated rings. The van der Waals surface area contributed by atoms with Crippen LogP contribution in [0.2, 0.25) is 0 Å². The van der Waals surface area contributed by atoms with Crippen LogP contribution in [0.25, 0.3) is 26.3 Å². The highest BCUT2D eigenvalue weighted by molar-refractivity contribution is 7.98. The molecule has 4 heterocycles. The third kappa shape index (κ3) is 3.64. The van der Waals surface area contributed by atoms with Gasteiger partial charge in [0.15, 0.2) is 0 Å². The summed E-state index contributed by atoms with van der Waals surface area (Å²) in [5.74, 6) is 1.12. The first-order valence-corrected chi connectivity index (χ1v) is 11.5. The lowest BCUT2D eigenvalue weighted by Crippen LogP contribution is -2.10. The van der Waals surface area contributed by atoms with Crippen molar-refractivity contribution in [1.29, 1.82) is 0 Å². The Kier molecular flexibility index (Phi) is 4.78. The fourth-order valence-corrected chi connectivity index (χ4v) is 5.57. The maximum absolute atomic E-state index is 12.7. The first-order chi connectivity index (χ1) is 14.2. The van der Waals surface area contributed by atoms with Crippen molar-refractivity contribution in [3.05, 3.63) is 75.2 Å². The number of hydrogen-bond donors (Lipinski definition) is 1. The van der Waals surface area contributed by atoms with Gasteiger partial charge < -0.3 is 4.98 Å². The highest BCUT2D eigenvalue weighted by atomic mass is 32.2. The monoisotopic (exact) mass is 437 g/mol. The number of para-hydroxylation sites is 1. The molecule has 0 amide bonds. The van der Waals surface area contributed by atoms with E-state index in [1.807, 2.05) is 35.7 Å². The van der Waals surface area contributed by atoms with Crippen LogP contribution in [0.15, 0.2) is 64.1 Å². The Morgan fingerprint density at radius 2 is 2.03 bits per heavy atom. The van der Waals surface area contributed by atoms with E-state index in [1.54, 1.807) is 22.3 Å². The summed E-state index contributed by atoms with van der Waals surface area (Å²) in [4.78, 5) is 27.7. The summed E-state index contributed by atoms with van der Waals surface area (Å²) in [5.41, 5.74) is 1.81. The lowest BCUT2D eigenvalue weighted by atomic mass is 10.2. The number of rotatable bonds is 5. The minimum Gasteiger partial charge on any atom is -0.309 e. The standard InChI is InChI=1S/C20H15N5OS3/c1-12-7-8-15(29-12)14-9-27-19-17(14)18(26)22-16(23-19)10-28-20-21-11-25(24-20)13-5-3-2-4-6-13/h2-9,11H,10H2,1H3,(H,22,23,26). The third-order valence-corrected chi connectivity index (χ3v) is 7.10. The Hall–Kier alpha value is -2.75. The summed E-state index contributed by atoms with van der Waals surface area (Å²) >= 11 is 4.63. The molecule has 0 aliphatic heterocycles. The molecule has 1 N–H and O–H groups in total. The van der Waals surface area contributed by atoms with Crippen LogP contribution in [-0.2, 0) is 5.75 Å². The zero-order chi connectivity index (χ0) is 19.8. The molecule has 29 heavy (non-hydrogen) atoms. The van der Waals surface area contributed by atoms with Gasteiger partial charge in [0.2, 0.25) is 5.16 Å². The molecule has 0 radical (unpaired) electrons. The molecule has 0 saturated heterocycles. The molecule has 0 aliphatic carbocycles. The first kappa shape index (κ1) is 18.3. The van der Waals surface area contributed by atoms with Crippen molar-refractivity contribution in [2.75, 3.05) is 0 Å². The quantitative estimate of drug-likeness (QED) is 0.396. The van der Waals surface area contributed by atoms with Crippen LogP contribution in [-0.4, -0.2) is 24.7 Å². The van der Waals surface area contributed by atoms with Gasteiger partial charge in [-0.1, -0.05) is 30.0 Å². The van der Waals surface area contributed by atoms with E-state index in [1.165, 1.54) is 28.0 Å². The number of benzene rings is 1. The van der Waals surface area contributed by atoms with Gasteiger partial charge in [0.1, 0.15) is 17.0 Å². The number of fused-ring (bicyclic) bond motifs is 1. The van der Waals surface area contributed by atoms with Gasteiger partial charge in [-0.05, 0) is 31.2 Å². The molecule has 4 aromatic heterocycles. The van der Waals surface area contributed by atoms with Crippen molar-refractivity contribution in [1.82, 2.24) is 24.7 Å². The number of aryl methyl sites for hydroxylation is 1. The average Bonchev–Trinajstić information content (AvgIpc) is 3.46. The van der Waals surface area contributed by atoms with Crippen LogP contribution in [0.3, 0.4) is 0 Å². The van der Waals surface area contributed by atoms with Crippen molar-refractivity contribution in [3.63, 3.8) is 0 Å². The minimum absolute atomic E-state index is 0.101. The lowest BCUT2D eigenvalue weighted by molar-refractivity contribution is 0.834. The molecule has 5 aromatic rings. The summed E-state index contributed by atoms with van der Waals surface area (Å²) in [5, 5.41) is 7.79. The molecule has 0 aliphatic rings. The van der Waals surface area contributed by atoms with Crippen molar-refractivity contribution in [2.24, 2.45) is 0 Å². The van der Waals surface area contributed by atoms with Crippen molar-refractivity contribution >= 4 is 44.7 Å². The Balaban J connectivity index is 1.38. The van der Waals surface area contributed by atoms with Gasteiger partial charge >= 0.3 is 0 Å². The van der Waals surface area contributed by atoms with E-state index in [9.17, 15) is 4.79 Å². The number of aromatic amines is 1. The van der Waals surface area contributed by atoms with Crippen LogP contribution in [0.1, 0.15) is 10.7 Å². The van der Waals surface area contributed by atoms with Gasteiger partial charge in [0, 0.05) is 20.7 Å². The second-order valence-electron chi connectivity index (χ2n) is 6.35. The maximum atomic E-state index is 12.7. The van der Waals surface area contributed by atoms with E-state index in [4.69, 9.17) is 0 Å². The summed E-state index contributed by atoms with van der Waals surface area (Å²) in [6.07, 6.45) is 1.69. The highest BCUT2D eigenvalue weighted by Gasteiger charge is 2.14. The minimum atomic E-state index is -0.101. The fraction of sp³-hybridized carbons (Fsp3) is 0.100. The Morgan fingerprint density at radius 1 is 1.17 bits per heavy atom. The number of thioether (sulfide) groups is 1. The van der Waals surface area contributed by atoms with Gasteiger partial charge in [0.25, 0.3) is 5.56 Å². The number of hydrogen-bond acceptors (Lipinski definition) is 7. The molecule has 144 valence electrons. The lowest BCUT2D eigenvalue weighted by Gasteiger charge is -2.00. The molecule has 5 rings (SSSR count). The topological polar surface area (TPSA) is 76.5 Å². The summed E-state index contributed by atoms with van der Waals surface area (Å²) in [7, 11) is 0. The number of H-pyrrole nitrogens is 1. The SMILES string of the molecule is Cc1ccc(-c2csc3nc(CSc4ncn(-c5ccccc5)n4)[nH]c(=O)c23)s1. The van der Waals surface area contributed by atoms with Gasteiger partial charge in [-0.2, -0.15) is 0 Å². The van der Waals surface area contributed by atoms with E-state index in [0.29, 0.717) is 22.1 Å². The zero-order valence-corrected chi connectivity index (χ0v) is 17.8. The van der Waals surface area contributed by atoms with E-state index >= 15 is 0 Å². The molecule has 9 heteroatoms.